The number of carbonyl (C=O) groups is 2. The third-order valence-electron chi connectivity index (χ3n) is 2.73. The van der Waals surface area contributed by atoms with E-state index < -0.39 is 23.1 Å². The zero-order chi connectivity index (χ0) is 14.9. The van der Waals surface area contributed by atoms with E-state index in [0.717, 1.165) is 30.4 Å². The molecular formula is C14H8FNO3S. The number of Topliss-reactive ketones (excluding diaryl/α,β-unsaturated/α-hetero) is 1. The monoisotopic (exact) mass is 289 g/mol. The molecule has 2 rings (SSSR count). The highest BCUT2D eigenvalue weighted by molar-refractivity contribution is 7.17. The van der Waals surface area contributed by atoms with Crippen LogP contribution in [0.4, 0.5) is 4.39 Å². The van der Waals surface area contributed by atoms with E-state index in [4.69, 9.17) is 10.4 Å². The zero-order valence-corrected chi connectivity index (χ0v) is 11.1. The summed E-state index contributed by atoms with van der Waals surface area (Å²) in [6, 6.07) is 4.47. The summed E-state index contributed by atoms with van der Waals surface area (Å²) in [4.78, 5) is 22.2. The number of nitrogens with zero attached hydrogens (tertiary/aromatic N) is 1. The SMILES string of the molecule is CC(=O)/C(=C\c1csc2c(C#N)ccc(F)c12)C(=O)O. The molecule has 0 saturated carbocycles. The molecule has 1 aromatic carbocycles. The van der Waals surface area contributed by atoms with E-state index in [1.54, 1.807) is 0 Å². The van der Waals surface area contributed by atoms with Gasteiger partial charge in [0.15, 0.2) is 5.78 Å². The average Bonchev–Trinajstić information content (AvgIpc) is 2.80. The normalized spacial score (nSPS) is 11.3. The summed E-state index contributed by atoms with van der Waals surface area (Å²) in [6.45, 7) is 1.13. The predicted octanol–water partition coefficient (Wildman–Crippen LogP) is 2.97. The fourth-order valence-electron chi connectivity index (χ4n) is 1.80. The molecule has 0 aliphatic heterocycles. The van der Waals surface area contributed by atoms with Crippen molar-refractivity contribution < 1.29 is 19.1 Å². The molecule has 0 atom stereocenters. The second kappa shape index (κ2) is 5.23. The van der Waals surface area contributed by atoms with Crippen molar-refractivity contribution in [1.29, 1.82) is 5.26 Å². The number of carboxylic acid groups (broad SMARTS) is 1. The number of carboxylic acids is 1. The molecule has 1 aromatic heterocycles. The minimum absolute atomic E-state index is 0.161. The van der Waals surface area contributed by atoms with Crippen molar-refractivity contribution in [1.82, 2.24) is 0 Å². The Hall–Kier alpha value is -2.52. The fraction of sp³-hybridized carbons (Fsp3) is 0.0714. The number of nitriles is 1. The molecule has 1 heterocycles. The first-order valence-electron chi connectivity index (χ1n) is 5.51. The van der Waals surface area contributed by atoms with Crippen molar-refractivity contribution in [3.8, 4) is 6.07 Å². The fourth-order valence-corrected chi connectivity index (χ4v) is 2.80. The molecule has 0 saturated heterocycles. The number of hydrogen-bond acceptors (Lipinski definition) is 4. The summed E-state index contributed by atoms with van der Waals surface area (Å²) in [6.07, 6.45) is 1.13. The van der Waals surface area contributed by atoms with E-state index in [1.165, 1.54) is 11.4 Å². The Kier molecular flexibility index (Phi) is 3.63. The van der Waals surface area contributed by atoms with Gasteiger partial charge in [0.05, 0.1) is 10.3 Å². The van der Waals surface area contributed by atoms with Gasteiger partial charge in [-0.3, -0.25) is 4.79 Å². The molecule has 1 N–H and O–H groups in total. The molecule has 6 heteroatoms. The van der Waals surface area contributed by atoms with E-state index in [1.807, 2.05) is 6.07 Å². The zero-order valence-electron chi connectivity index (χ0n) is 10.3. The molecule has 0 fully saturated rings. The van der Waals surface area contributed by atoms with Crippen molar-refractivity contribution in [2.45, 2.75) is 6.92 Å². The first-order valence-corrected chi connectivity index (χ1v) is 6.39. The molecule has 0 aliphatic carbocycles. The first-order chi connectivity index (χ1) is 9.45. The van der Waals surface area contributed by atoms with Crippen LogP contribution in [0.3, 0.4) is 0 Å². The highest BCUT2D eigenvalue weighted by atomic mass is 32.1. The number of thiophene rings is 1. The van der Waals surface area contributed by atoms with Crippen LogP contribution in [0.15, 0.2) is 23.1 Å². The van der Waals surface area contributed by atoms with Gasteiger partial charge in [-0.25, -0.2) is 9.18 Å². The third kappa shape index (κ3) is 2.31. The molecule has 0 radical (unpaired) electrons. The maximum atomic E-state index is 13.9. The summed E-state index contributed by atoms with van der Waals surface area (Å²) >= 11 is 1.13. The molecule has 0 aliphatic rings. The van der Waals surface area contributed by atoms with E-state index >= 15 is 0 Å². The molecule has 4 nitrogen and oxygen atoms in total. The van der Waals surface area contributed by atoms with E-state index in [-0.39, 0.29) is 10.9 Å². The van der Waals surface area contributed by atoms with Crippen LogP contribution in [0.2, 0.25) is 0 Å². The van der Waals surface area contributed by atoms with Gasteiger partial charge in [-0.1, -0.05) is 0 Å². The number of halogens is 1. The summed E-state index contributed by atoms with van der Waals surface area (Å²) in [5, 5.41) is 19.6. The van der Waals surface area contributed by atoms with Gasteiger partial charge in [0.1, 0.15) is 17.5 Å². The van der Waals surface area contributed by atoms with Crippen molar-refractivity contribution in [3.05, 3.63) is 40.0 Å². The summed E-state index contributed by atoms with van der Waals surface area (Å²) in [7, 11) is 0. The van der Waals surface area contributed by atoms with Crippen molar-refractivity contribution in [2.24, 2.45) is 0 Å². The molecular weight excluding hydrogens is 281 g/mol. The lowest BCUT2D eigenvalue weighted by atomic mass is 10.1. The highest BCUT2D eigenvalue weighted by Crippen LogP contribution is 2.32. The number of ketones is 1. The number of benzene rings is 1. The first kappa shape index (κ1) is 13.9. The van der Waals surface area contributed by atoms with Crippen molar-refractivity contribution >= 4 is 39.3 Å². The number of rotatable bonds is 3. The predicted molar refractivity (Wildman–Crippen MR) is 72.8 cm³/mol. The minimum Gasteiger partial charge on any atom is -0.478 e. The maximum absolute atomic E-state index is 13.9. The Labute approximate surface area is 117 Å². The minimum atomic E-state index is -1.37. The van der Waals surface area contributed by atoms with Crippen LogP contribution in [0.25, 0.3) is 16.2 Å². The van der Waals surface area contributed by atoms with E-state index in [9.17, 15) is 14.0 Å². The number of aliphatic carboxylic acids is 1. The molecule has 0 bridgehead atoms. The lowest BCUT2D eigenvalue weighted by Crippen LogP contribution is -2.08. The lowest BCUT2D eigenvalue weighted by Gasteiger charge is -1.99. The Morgan fingerprint density at radius 1 is 1.45 bits per heavy atom. The van der Waals surface area contributed by atoms with Crippen LogP contribution in [0, 0.1) is 17.1 Å². The van der Waals surface area contributed by atoms with Gasteiger partial charge in [-0.2, -0.15) is 5.26 Å². The standard InChI is InChI=1S/C14H8FNO3S/c1-7(17)10(14(18)19)4-9-6-20-13-8(5-16)2-3-11(15)12(9)13/h2-4,6H,1H3,(H,18,19)/b10-4+. The number of fused-ring (bicyclic) bond motifs is 1. The quantitative estimate of drug-likeness (QED) is 0.535. The van der Waals surface area contributed by atoms with Crippen LogP contribution in [-0.4, -0.2) is 16.9 Å². The second-order valence-corrected chi connectivity index (χ2v) is 4.90. The Bertz CT molecular complexity index is 783. The molecule has 0 amide bonds. The van der Waals surface area contributed by atoms with Gasteiger partial charge in [0, 0.05) is 5.39 Å². The van der Waals surface area contributed by atoms with Gasteiger partial charge in [0.25, 0.3) is 0 Å². The van der Waals surface area contributed by atoms with Crippen LogP contribution >= 0.6 is 11.3 Å². The molecule has 0 unspecified atom stereocenters. The molecule has 20 heavy (non-hydrogen) atoms. The van der Waals surface area contributed by atoms with Gasteiger partial charge in [-0.05, 0) is 36.1 Å². The largest absolute Gasteiger partial charge is 0.478 e. The van der Waals surface area contributed by atoms with Crippen LogP contribution < -0.4 is 0 Å². The average molecular weight is 289 g/mol. The smallest absolute Gasteiger partial charge is 0.339 e. The molecule has 100 valence electrons. The second-order valence-electron chi connectivity index (χ2n) is 4.02. The van der Waals surface area contributed by atoms with Crippen LogP contribution in [0.1, 0.15) is 18.1 Å². The lowest BCUT2D eigenvalue weighted by molar-refractivity contribution is -0.134. The van der Waals surface area contributed by atoms with Crippen molar-refractivity contribution in [2.75, 3.05) is 0 Å². The van der Waals surface area contributed by atoms with Crippen LogP contribution in [-0.2, 0) is 9.59 Å². The van der Waals surface area contributed by atoms with Crippen LogP contribution in [0.5, 0.6) is 0 Å². The molecule has 2 aromatic rings. The van der Waals surface area contributed by atoms with Gasteiger partial charge < -0.3 is 5.11 Å². The summed E-state index contributed by atoms with van der Waals surface area (Å²) < 4.78 is 14.3. The van der Waals surface area contributed by atoms with E-state index in [0.29, 0.717) is 10.3 Å². The topological polar surface area (TPSA) is 78.2 Å². The highest BCUT2D eigenvalue weighted by Gasteiger charge is 2.16. The van der Waals surface area contributed by atoms with E-state index in [2.05, 4.69) is 0 Å². The number of carbonyl (C=O) groups excluding carboxylic acids is 1. The van der Waals surface area contributed by atoms with Gasteiger partial charge in [-0.15, -0.1) is 11.3 Å². The third-order valence-corrected chi connectivity index (χ3v) is 3.76. The van der Waals surface area contributed by atoms with Gasteiger partial charge >= 0.3 is 5.97 Å². The maximum Gasteiger partial charge on any atom is 0.339 e. The molecule has 0 spiro atoms. The number of hydrogen-bond donors (Lipinski definition) is 1. The van der Waals surface area contributed by atoms with Gasteiger partial charge in [0.2, 0.25) is 0 Å². The summed E-state index contributed by atoms with van der Waals surface area (Å²) in [5.74, 6) is -2.54. The Balaban J connectivity index is 2.75. The Morgan fingerprint density at radius 3 is 2.70 bits per heavy atom. The van der Waals surface area contributed by atoms with Crippen molar-refractivity contribution in [3.63, 3.8) is 0 Å². The Morgan fingerprint density at radius 2 is 2.15 bits per heavy atom. The summed E-state index contributed by atoms with van der Waals surface area (Å²) in [5.41, 5.74) is 0.171.